The van der Waals surface area contributed by atoms with E-state index in [0.29, 0.717) is 5.92 Å². The highest BCUT2D eigenvalue weighted by Crippen LogP contribution is 2.29. The molecule has 0 radical (unpaired) electrons. The zero-order chi connectivity index (χ0) is 17.1. The second kappa shape index (κ2) is 7.48. The Hall–Kier alpha value is -2.01. The third kappa shape index (κ3) is 3.82. The van der Waals surface area contributed by atoms with Crippen LogP contribution in [0.1, 0.15) is 37.4 Å². The van der Waals surface area contributed by atoms with Crippen LogP contribution in [-0.4, -0.2) is 46.0 Å². The van der Waals surface area contributed by atoms with Gasteiger partial charge in [0.25, 0.3) is 0 Å². The van der Waals surface area contributed by atoms with Crippen LogP contribution in [0, 0.1) is 5.92 Å². The average Bonchev–Trinajstić information content (AvgIpc) is 3.31. The van der Waals surface area contributed by atoms with Crippen LogP contribution >= 0.6 is 0 Å². The number of pyridine rings is 1. The third-order valence-corrected chi connectivity index (χ3v) is 5.24. The highest BCUT2D eigenvalue weighted by Gasteiger charge is 2.21. The molecule has 0 aromatic carbocycles. The Morgan fingerprint density at radius 2 is 2.04 bits per heavy atom. The minimum Gasteiger partial charge on any atom is -0.369 e. The van der Waals surface area contributed by atoms with Crippen LogP contribution in [0.25, 0.3) is 11.4 Å². The molecule has 1 saturated heterocycles. The van der Waals surface area contributed by atoms with Crippen molar-refractivity contribution in [3.8, 4) is 11.4 Å². The van der Waals surface area contributed by atoms with Crippen molar-refractivity contribution in [1.29, 1.82) is 0 Å². The van der Waals surface area contributed by atoms with E-state index in [4.69, 9.17) is 9.97 Å². The summed E-state index contributed by atoms with van der Waals surface area (Å²) in [6.45, 7) is 6.99. The first-order chi connectivity index (χ1) is 12.3. The van der Waals surface area contributed by atoms with Crippen LogP contribution in [0.4, 0.5) is 5.82 Å². The second-order valence-corrected chi connectivity index (χ2v) is 7.41. The Kier molecular flexibility index (Phi) is 4.92. The van der Waals surface area contributed by atoms with Crippen molar-refractivity contribution in [3.63, 3.8) is 0 Å². The lowest BCUT2D eigenvalue weighted by Gasteiger charge is -2.21. The summed E-state index contributed by atoms with van der Waals surface area (Å²) in [7, 11) is 0. The Morgan fingerprint density at radius 1 is 1.16 bits per heavy atom. The smallest absolute Gasteiger partial charge is 0.163 e. The topological polar surface area (TPSA) is 53.9 Å². The van der Waals surface area contributed by atoms with E-state index < -0.39 is 0 Å². The molecule has 1 aliphatic heterocycles. The van der Waals surface area contributed by atoms with E-state index in [2.05, 4.69) is 22.1 Å². The molecule has 3 heterocycles. The van der Waals surface area contributed by atoms with Gasteiger partial charge in [-0.25, -0.2) is 9.97 Å². The fourth-order valence-electron chi connectivity index (χ4n) is 3.94. The van der Waals surface area contributed by atoms with E-state index >= 15 is 0 Å². The summed E-state index contributed by atoms with van der Waals surface area (Å²) in [5.41, 5.74) is 3.52. The number of nitrogens with one attached hydrogen (secondary N) is 1. The Balaban J connectivity index is 1.49. The van der Waals surface area contributed by atoms with Gasteiger partial charge in [-0.1, -0.05) is 6.92 Å². The number of aryl methyl sites for hydroxylation is 1. The maximum atomic E-state index is 4.84. The van der Waals surface area contributed by atoms with Gasteiger partial charge < -0.3 is 10.2 Å². The van der Waals surface area contributed by atoms with Crippen molar-refractivity contribution in [2.45, 2.75) is 39.0 Å². The van der Waals surface area contributed by atoms with Crippen molar-refractivity contribution in [1.82, 2.24) is 19.9 Å². The van der Waals surface area contributed by atoms with Gasteiger partial charge in [-0.05, 0) is 63.2 Å². The number of rotatable bonds is 6. The largest absolute Gasteiger partial charge is 0.369 e. The zero-order valence-corrected chi connectivity index (χ0v) is 15.0. The first kappa shape index (κ1) is 16.5. The summed E-state index contributed by atoms with van der Waals surface area (Å²) in [6.07, 6.45) is 9.67. The van der Waals surface area contributed by atoms with Gasteiger partial charge in [0.2, 0.25) is 0 Å². The molecule has 1 aliphatic carbocycles. The van der Waals surface area contributed by atoms with E-state index in [-0.39, 0.29) is 0 Å². The molecule has 5 heteroatoms. The predicted octanol–water partition coefficient (Wildman–Crippen LogP) is 3.17. The number of aromatic nitrogens is 3. The number of hydrogen-bond donors (Lipinski definition) is 1. The van der Waals surface area contributed by atoms with E-state index in [1.54, 1.807) is 6.20 Å². The predicted molar refractivity (Wildman–Crippen MR) is 101 cm³/mol. The van der Waals surface area contributed by atoms with Gasteiger partial charge in [-0.15, -0.1) is 0 Å². The van der Waals surface area contributed by atoms with Gasteiger partial charge in [-0.2, -0.15) is 0 Å². The molecule has 1 N–H and O–H groups in total. The van der Waals surface area contributed by atoms with Crippen molar-refractivity contribution in [2.75, 3.05) is 31.5 Å². The van der Waals surface area contributed by atoms with Crippen LogP contribution in [-0.2, 0) is 12.8 Å². The molecule has 4 rings (SSSR count). The Bertz CT molecular complexity index is 710. The number of nitrogens with zero attached hydrogens (tertiary/aromatic N) is 4. The summed E-state index contributed by atoms with van der Waals surface area (Å²) in [6, 6.07) is 3.97. The van der Waals surface area contributed by atoms with Crippen LogP contribution in [0.15, 0.2) is 24.5 Å². The summed E-state index contributed by atoms with van der Waals surface area (Å²) >= 11 is 0. The maximum Gasteiger partial charge on any atom is 0.163 e. The molecular formula is C20H27N5. The number of hydrogen-bond acceptors (Lipinski definition) is 5. The van der Waals surface area contributed by atoms with Gasteiger partial charge in [0.1, 0.15) is 5.82 Å². The van der Waals surface area contributed by atoms with E-state index in [9.17, 15) is 0 Å². The van der Waals surface area contributed by atoms with Crippen molar-refractivity contribution < 1.29 is 0 Å². The number of likely N-dealkylation sites (tertiary alicyclic amines) is 1. The molecule has 1 atom stereocenters. The molecular weight excluding hydrogens is 310 g/mol. The van der Waals surface area contributed by atoms with Gasteiger partial charge in [0.15, 0.2) is 5.82 Å². The molecule has 2 aromatic rings. The molecule has 0 spiro atoms. The van der Waals surface area contributed by atoms with Crippen LogP contribution in [0.5, 0.6) is 0 Å². The SMILES string of the molecule is CC(CNc1nc(-c2cccnc2)nc2c1CCC2)CN1CCCC1. The molecule has 25 heavy (non-hydrogen) atoms. The molecule has 2 aliphatic rings. The lowest BCUT2D eigenvalue weighted by Crippen LogP contribution is -2.29. The fourth-order valence-corrected chi connectivity index (χ4v) is 3.94. The first-order valence-corrected chi connectivity index (χ1v) is 9.56. The van der Waals surface area contributed by atoms with Gasteiger partial charge >= 0.3 is 0 Å². The molecule has 1 fully saturated rings. The van der Waals surface area contributed by atoms with E-state index in [1.807, 2.05) is 18.3 Å². The molecule has 5 nitrogen and oxygen atoms in total. The maximum absolute atomic E-state index is 4.84. The molecule has 2 aromatic heterocycles. The van der Waals surface area contributed by atoms with Crippen LogP contribution < -0.4 is 5.32 Å². The Labute approximate surface area is 149 Å². The minimum absolute atomic E-state index is 0.618. The number of anilines is 1. The van der Waals surface area contributed by atoms with E-state index in [1.165, 1.54) is 50.2 Å². The van der Waals surface area contributed by atoms with Gasteiger partial charge in [0.05, 0.1) is 0 Å². The fraction of sp³-hybridized carbons (Fsp3) is 0.550. The molecule has 0 saturated carbocycles. The van der Waals surface area contributed by atoms with E-state index in [0.717, 1.165) is 36.6 Å². The summed E-state index contributed by atoms with van der Waals surface area (Å²) in [5.74, 6) is 2.45. The molecule has 1 unspecified atom stereocenters. The van der Waals surface area contributed by atoms with Gasteiger partial charge in [0, 0.05) is 42.3 Å². The monoisotopic (exact) mass is 337 g/mol. The third-order valence-electron chi connectivity index (χ3n) is 5.24. The quantitative estimate of drug-likeness (QED) is 0.877. The summed E-state index contributed by atoms with van der Waals surface area (Å²) < 4.78 is 0. The normalized spacial score (nSPS) is 18.3. The highest BCUT2D eigenvalue weighted by atomic mass is 15.1. The number of fused-ring (bicyclic) bond motifs is 1. The lowest BCUT2D eigenvalue weighted by molar-refractivity contribution is 0.294. The van der Waals surface area contributed by atoms with Crippen molar-refractivity contribution in [3.05, 3.63) is 35.8 Å². The standard InChI is InChI=1S/C20H27N5/c1-15(14-25-10-2-3-11-25)12-22-20-17-7-4-8-18(17)23-19(24-20)16-6-5-9-21-13-16/h5-6,9,13,15H,2-4,7-8,10-12,14H2,1H3,(H,22,23,24). The van der Waals surface area contributed by atoms with Crippen LogP contribution in [0.3, 0.4) is 0 Å². The Morgan fingerprint density at radius 3 is 2.84 bits per heavy atom. The van der Waals surface area contributed by atoms with Gasteiger partial charge in [-0.3, -0.25) is 4.98 Å². The van der Waals surface area contributed by atoms with Crippen LogP contribution in [0.2, 0.25) is 0 Å². The molecule has 0 amide bonds. The first-order valence-electron chi connectivity index (χ1n) is 9.56. The zero-order valence-electron chi connectivity index (χ0n) is 15.0. The second-order valence-electron chi connectivity index (χ2n) is 7.41. The summed E-state index contributed by atoms with van der Waals surface area (Å²) in [5, 5.41) is 3.63. The van der Waals surface area contributed by atoms with Crippen molar-refractivity contribution in [2.24, 2.45) is 5.92 Å². The summed E-state index contributed by atoms with van der Waals surface area (Å²) in [4.78, 5) is 16.4. The van der Waals surface area contributed by atoms with Crippen molar-refractivity contribution >= 4 is 5.82 Å². The highest BCUT2D eigenvalue weighted by molar-refractivity contribution is 5.59. The minimum atomic E-state index is 0.618. The average molecular weight is 337 g/mol. The lowest BCUT2D eigenvalue weighted by atomic mass is 10.1. The molecule has 132 valence electrons. The molecule has 0 bridgehead atoms.